The lowest BCUT2D eigenvalue weighted by Crippen LogP contribution is -2.26. The number of fused-ring (bicyclic) bond motifs is 3. The zero-order valence-electron chi connectivity index (χ0n) is 19.6. The maximum atomic E-state index is 14.1. The second kappa shape index (κ2) is 9.47. The molecule has 0 amide bonds. The standard InChI is InChI=1S/C30H24N2O3S/c33-24-15-14-22(18-21-10-5-2-6-11-21)26-27-29(36-28(24)26)31-25(16-13-20-8-3-1-4-9-20)32(30(27)34)19-23-12-7-17-35-23/h1-12,14-15,17,33H,13,16,18-19H2. The molecule has 0 saturated carbocycles. The van der Waals surface area contributed by atoms with E-state index in [1.807, 2.05) is 54.6 Å². The number of aromatic hydroxyl groups is 1. The predicted octanol–water partition coefficient (Wildman–Crippen LogP) is 6.33. The van der Waals surface area contributed by atoms with Gasteiger partial charge in [-0.05, 0) is 47.7 Å². The lowest BCUT2D eigenvalue weighted by atomic mass is 10.00. The Morgan fingerprint density at radius 2 is 1.58 bits per heavy atom. The van der Waals surface area contributed by atoms with Crippen LogP contribution in [0.25, 0.3) is 20.3 Å². The van der Waals surface area contributed by atoms with Crippen LogP contribution in [-0.4, -0.2) is 14.7 Å². The number of rotatable bonds is 7. The zero-order valence-corrected chi connectivity index (χ0v) is 20.4. The molecule has 0 aliphatic rings. The van der Waals surface area contributed by atoms with E-state index in [9.17, 15) is 9.90 Å². The van der Waals surface area contributed by atoms with E-state index in [2.05, 4.69) is 24.3 Å². The number of furan rings is 1. The average molecular weight is 493 g/mol. The number of aryl methyl sites for hydroxylation is 2. The van der Waals surface area contributed by atoms with Gasteiger partial charge >= 0.3 is 0 Å². The van der Waals surface area contributed by atoms with Crippen LogP contribution in [0.4, 0.5) is 0 Å². The second-order valence-corrected chi connectivity index (χ2v) is 9.88. The molecule has 1 N–H and O–H groups in total. The van der Waals surface area contributed by atoms with Gasteiger partial charge in [-0.15, -0.1) is 11.3 Å². The number of phenols is 1. The first-order chi connectivity index (χ1) is 17.7. The molecule has 0 unspecified atom stereocenters. The number of nitrogens with zero attached hydrogens (tertiary/aromatic N) is 2. The summed E-state index contributed by atoms with van der Waals surface area (Å²) in [6.07, 6.45) is 3.67. The van der Waals surface area contributed by atoms with Gasteiger partial charge in [0.15, 0.2) is 0 Å². The quantitative estimate of drug-likeness (QED) is 0.283. The lowest BCUT2D eigenvalue weighted by molar-refractivity contribution is 0.482. The van der Waals surface area contributed by atoms with Crippen molar-refractivity contribution in [3.63, 3.8) is 0 Å². The van der Waals surface area contributed by atoms with Gasteiger partial charge in [0, 0.05) is 11.8 Å². The highest BCUT2D eigenvalue weighted by molar-refractivity contribution is 7.25. The van der Waals surface area contributed by atoms with Crippen molar-refractivity contribution in [1.29, 1.82) is 0 Å². The normalized spacial score (nSPS) is 11.4. The van der Waals surface area contributed by atoms with Crippen LogP contribution in [0.3, 0.4) is 0 Å². The Morgan fingerprint density at radius 1 is 0.833 bits per heavy atom. The van der Waals surface area contributed by atoms with E-state index in [4.69, 9.17) is 9.40 Å². The molecular weight excluding hydrogens is 468 g/mol. The molecule has 6 heteroatoms. The molecule has 0 aliphatic carbocycles. The molecule has 36 heavy (non-hydrogen) atoms. The van der Waals surface area contributed by atoms with Crippen LogP contribution in [-0.2, 0) is 25.8 Å². The molecule has 6 aromatic rings. The van der Waals surface area contributed by atoms with E-state index < -0.39 is 0 Å². The van der Waals surface area contributed by atoms with Crippen molar-refractivity contribution in [1.82, 2.24) is 9.55 Å². The van der Waals surface area contributed by atoms with E-state index in [-0.39, 0.29) is 11.3 Å². The van der Waals surface area contributed by atoms with Gasteiger partial charge in [0.1, 0.15) is 22.2 Å². The molecule has 3 heterocycles. The maximum Gasteiger partial charge on any atom is 0.263 e. The summed E-state index contributed by atoms with van der Waals surface area (Å²) in [5.41, 5.74) is 3.23. The minimum absolute atomic E-state index is 0.106. The number of benzene rings is 3. The Bertz CT molecular complexity index is 1700. The summed E-state index contributed by atoms with van der Waals surface area (Å²) in [6, 6.07) is 27.7. The summed E-state index contributed by atoms with van der Waals surface area (Å²) in [5.74, 6) is 1.59. The molecule has 0 fully saturated rings. The summed E-state index contributed by atoms with van der Waals surface area (Å²) >= 11 is 1.38. The van der Waals surface area contributed by atoms with E-state index in [0.29, 0.717) is 45.9 Å². The highest BCUT2D eigenvalue weighted by Crippen LogP contribution is 2.39. The Balaban J connectivity index is 1.53. The highest BCUT2D eigenvalue weighted by atomic mass is 32.1. The first kappa shape index (κ1) is 22.3. The fourth-order valence-corrected chi connectivity index (χ4v) is 5.87. The minimum atomic E-state index is -0.106. The monoisotopic (exact) mass is 492 g/mol. The second-order valence-electron chi connectivity index (χ2n) is 8.88. The average Bonchev–Trinajstić information content (AvgIpc) is 3.56. The Hall–Kier alpha value is -4.16. The molecule has 0 saturated heterocycles. The lowest BCUT2D eigenvalue weighted by Gasteiger charge is -2.12. The van der Waals surface area contributed by atoms with Crippen molar-refractivity contribution in [2.45, 2.75) is 25.8 Å². The summed E-state index contributed by atoms with van der Waals surface area (Å²) in [4.78, 5) is 19.7. The smallest absolute Gasteiger partial charge is 0.263 e. The van der Waals surface area contributed by atoms with Crippen molar-refractivity contribution in [2.75, 3.05) is 0 Å². The summed E-state index contributed by atoms with van der Waals surface area (Å²) < 4.78 is 8.02. The number of phenolic OH excluding ortho intramolecular Hbond substituents is 1. The van der Waals surface area contributed by atoms with E-state index in [0.717, 1.165) is 22.9 Å². The van der Waals surface area contributed by atoms with Gasteiger partial charge in [0.2, 0.25) is 0 Å². The van der Waals surface area contributed by atoms with Gasteiger partial charge in [0.25, 0.3) is 5.56 Å². The van der Waals surface area contributed by atoms with E-state index >= 15 is 0 Å². The van der Waals surface area contributed by atoms with Crippen LogP contribution in [0, 0.1) is 0 Å². The Kier molecular flexibility index (Phi) is 5.87. The van der Waals surface area contributed by atoms with Crippen molar-refractivity contribution in [3.05, 3.63) is 130 Å². The fourth-order valence-electron chi connectivity index (χ4n) is 4.73. The van der Waals surface area contributed by atoms with Gasteiger partial charge in [-0.3, -0.25) is 9.36 Å². The molecule has 0 radical (unpaired) electrons. The topological polar surface area (TPSA) is 68.3 Å². The largest absolute Gasteiger partial charge is 0.506 e. The summed E-state index contributed by atoms with van der Waals surface area (Å²) in [7, 11) is 0. The van der Waals surface area contributed by atoms with Crippen LogP contribution in [0.15, 0.2) is 100 Å². The zero-order chi connectivity index (χ0) is 24.5. The van der Waals surface area contributed by atoms with Crippen molar-refractivity contribution >= 4 is 31.6 Å². The Morgan fingerprint density at radius 3 is 2.31 bits per heavy atom. The van der Waals surface area contributed by atoms with Crippen molar-refractivity contribution in [2.24, 2.45) is 0 Å². The molecule has 0 spiro atoms. The molecule has 178 valence electrons. The highest BCUT2D eigenvalue weighted by Gasteiger charge is 2.21. The first-order valence-electron chi connectivity index (χ1n) is 11.9. The molecule has 6 rings (SSSR count). The van der Waals surface area contributed by atoms with Crippen LogP contribution in [0.5, 0.6) is 5.75 Å². The van der Waals surface area contributed by atoms with E-state index in [1.54, 1.807) is 16.9 Å². The fraction of sp³-hybridized carbons (Fsp3) is 0.133. The van der Waals surface area contributed by atoms with Gasteiger partial charge in [-0.25, -0.2) is 4.98 Å². The third-order valence-corrected chi connectivity index (χ3v) is 7.60. The maximum absolute atomic E-state index is 14.1. The van der Waals surface area contributed by atoms with Crippen LogP contribution in [0.2, 0.25) is 0 Å². The van der Waals surface area contributed by atoms with Crippen molar-refractivity contribution < 1.29 is 9.52 Å². The SMILES string of the molecule is O=c1c2c(nc(CCc3ccccc3)n1Cc1ccco1)sc1c(O)ccc(Cc3ccccc3)c12. The third-order valence-electron chi connectivity index (χ3n) is 6.50. The number of hydrogen-bond donors (Lipinski definition) is 1. The first-order valence-corrected chi connectivity index (χ1v) is 12.8. The Labute approximate surface area is 211 Å². The van der Waals surface area contributed by atoms with Gasteiger partial charge < -0.3 is 9.52 Å². The molecule has 3 aromatic heterocycles. The van der Waals surface area contributed by atoms with Gasteiger partial charge in [0.05, 0.1) is 22.9 Å². The van der Waals surface area contributed by atoms with E-state index in [1.165, 1.54) is 16.9 Å². The van der Waals surface area contributed by atoms with Crippen LogP contribution in [0.1, 0.15) is 28.3 Å². The molecule has 0 bridgehead atoms. The molecular formula is C30H24N2O3S. The number of hydrogen-bond acceptors (Lipinski definition) is 5. The molecule has 0 aliphatic heterocycles. The number of thiophene rings is 1. The number of aromatic nitrogens is 2. The minimum Gasteiger partial charge on any atom is -0.506 e. The molecule has 5 nitrogen and oxygen atoms in total. The molecule has 0 atom stereocenters. The predicted molar refractivity (Wildman–Crippen MR) is 144 cm³/mol. The van der Waals surface area contributed by atoms with Crippen molar-refractivity contribution in [3.8, 4) is 5.75 Å². The van der Waals surface area contributed by atoms with Crippen LogP contribution >= 0.6 is 11.3 Å². The van der Waals surface area contributed by atoms with Gasteiger partial charge in [-0.1, -0.05) is 66.7 Å². The summed E-state index contributed by atoms with van der Waals surface area (Å²) in [6.45, 7) is 0.309. The summed E-state index contributed by atoms with van der Waals surface area (Å²) in [5, 5.41) is 12.1. The third kappa shape index (κ3) is 4.20. The van der Waals surface area contributed by atoms with Crippen LogP contribution < -0.4 is 5.56 Å². The molecule has 3 aromatic carbocycles. The van der Waals surface area contributed by atoms with Gasteiger partial charge in [-0.2, -0.15) is 0 Å².